The first-order valence-electron chi connectivity index (χ1n) is 6.47. The highest BCUT2D eigenvalue weighted by Gasteiger charge is 2.15. The number of aliphatic hydroxyl groups is 1. The molecule has 8 nitrogen and oxygen atoms in total. The van der Waals surface area contributed by atoms with Gasteiger partial charge in [-0.15, -0.1) is 5.10 Å². The number of aliphatic hydroxyl groups excluding tert-OH is 1. The first-order chi connectivity index (χ1) is 11.1. The fourth-order valence-electron chi connectivity index (χ4n) is 1.68. The number of nitrogens with two attached hydrogens (primary N) is 1. The fourth-order valence-corrected chi connectivity index (χ4v) is 3.97. The summed E-state index contributed by atoms with van der Waals surface area (Å²) in [4.78, 5) is 13.1. The summed E-state index contributed by atoms with van der Waals surface area (Å²) in [5, 5.41) is 17.3. The van der Waals surface area contributed by atoms with Gasteiger partial charge in [-0.1, -0.05) is 39.2 Å². The Morgan fingerprint density at radius 2 is 2.22 bits per heavy atom. The molecule has 0 radical (unpaired) electrons. The molecule has 4 N–H and O–H groups in total. The lowest BCUT2D eigenvalue weighted by Gasteiger charge is -2.12. The number of aromatic nitrogens is 5. The monoisotopic (exact) mass is 389 g/mol. The number of thioether (sulfide) groups is 1. The molecule has 0 unspecified atom stereocenters. The van der Waals surface area contributed by atoms with Crippen LogP contribution in [0.15, 0.2) is 5.16 Å². The van der Waals surface area contributed by atoms with Gasteiger partial charge in [0.1, 0.15) is 14.7 Å². The Bertz CT molecular complexity index is 823. The van der Waals surface area contributed by atoms with E-state index in [1.54, 1.807) is 0 Å². The summed E-state index contributed by atoms with van der Waals surface area (Å²) < 4.78 is 5.12. The van der Waals surface area contributed by atoms with Crippen molar-refractivity contribution in [3.8, 4) is 0 Å². The molecule has 3 aromatic rings. The van der Waals surface area contributed by atoms with E-state index in [4.69, 9.17) is 17.3 Å². The molecule has 0 bridgehead atoms. The van der Waals surface area contributed by atoms with Crippen molar-refractivity contribution >= 4 is 67.5 Å². The largest absolute Gasteiger partial charge is 0.394 e. The second kappa shape index (κ2) is 7.09. The molecule has 1 atom stereocenters. The summed E-state index contributed by atoms with van der Waals surface area (Å²) in [6, 6.07) is -0.147. The molecule has 0 aliphatic rings. The summed E-state index contributed by atoms with van der Waals surface area (Å²) in [5.41, 5.74) is 6.99. The third kappa shape index (κ3) is 3.80. The van der Waals surface area contributed by atoms with Crippen molar-refractivity contribution in [3.63, 3.8) is 0 Å². The number of anilines is 2. The van der Waals surface area contributed by atoms with Crippen molar-refractivity contribution in [2.45, 2.75) is 23.9 Å². The molecule has 0 aromatic carbocycles. The Labute approximate surface area is 148 Å². The van der Waals surface area contributed by atoms with Crippen LogP contribution in [0, 0.1) is 0 Å². The van der Waals surface area contributed by atoms with Crippen LogP contribution in [-0.2, 0) is 5.75 Å². The number of thiazole rings is 1. The van der Waals surface area contributed by atoms with Crippen LogP contribution < -0.4 is 11.1 Å². The number of halogens is 1. The third-order valence-corrected chi connectivity index (χ3v) is 5.48. The maximum absolute atomic E-state index is 9.22. The minimum atomic E-state index is -0.147. The first-order valence-corrected chi connectivity index (χ1v) is 9.43. The van der Waals surface area contributed by atoms with Crippen molar-refractivity contribution in [3.05, 3.63) is 10.0 Å². The number of nitrogen functional groups attached to an aromatic ring is 1. The molecule has 0 aliphatic heterocycles. The summed E-state index contributed by atoms with van der Waals surface area (Å²) in [5.74, 6) is 1.12. The maximum Gasteiger partial charge on any atom is 0.192 e. The highest BCUT2D eigenvalue weighted by atomic mass is 35.5. The van der Waals surface area contributed by atoms with Crippen molar-refractivity contribution < 1.29 is 5.11 Å². The number of fused-ring (bicyclic) bond motifs is 1. The lowest BCUT2D eigenvalue weighted by Crippen LogP contribution is -2.20. The molecule has 0 saturated heterocycles. The lowest BCUT2D eigenvalue weighted by atomic mass is 10.3. The minimum Gasteiger partial charge on any atom is -0.394 e. The highest BCUT2D eigenvalue weighted by molar-refractivity contribution is 7.98. The number of nitrogens with zero attached hydrogens (tertiary/aromatic N) is 5. The normalized spacial score (nSPS) is 12.7. The van der Waals surface area contributed by atoms with Gasteiger partial charge in [0.05, 0.1) is 6.61 Å². The van der Waals surface area contributed by atoms with Gasteiger partial charge in [0.2, 0.25) is 0 Å². The topological polar surface area (TPSA) is 123 Å². The predicted molar refractivity (Wildman–Crippen MR) is 94.3 cm³/mol. The SMILES string of the molecule is C[C@H](CO)Nc1nc(SCc2nnsc2Cl)nc2nc(N)sc12. The van der Waals surface area contributed by atoms with Gasteiger partial charge in [-0.3, -0.25) is 0 Å². The van der Waals surface area contributed by atoms with E-state index in [9.17, 15) is 5.11 Å². The molecule has 3 aromatic heterocycles. The van der Waals surface area contributed by atoms with Crippen molar-refractivity contribution in [1.82, 2.24) is 24.5 Å². The Balaban J connectivity index is 1.89. The van der Waals surface area contributed by atoms with Crippen LogP contribution in [0.2, 0.25) is 4.34 Å². The van der Waals surface area contributed by atoms with E-state index in [0.717, 1.165) is 16.2 Å². The predicted octanol–water partition coefficient (Wildman–Crippen LogP) is 2.26. The second-order valence-electron chi connectivity index (χ2n) is 4.57. The average Bonchev–Trinajstić information content (AvgIpc) is 3.10. The summed E-state index contributed by atoms with van der Waals surface area (Å²) in [6.45, 7) is 1.84. The molecule has 0 fully saturated rings. The molecule has 0 saturated carbocycles. The van der Waals surface area contributed by atoms with Gasteiger partial charge in [0.25, 0.3) is 0 Å². The average molecular weight is 390 g/mol. The van der Waals surface area contributed by atoms with Crippen LogP contribution in [0.25, 0.3) is 10.3 Å². The molecule has 0 amide bonds. The van der Waals surface area contributed by atoms with Gasteiger partial charge in [-0.25, -0.2) is 15.0 Å². The minimum absolute atomic E-state index is 0.0115. The molecule has 23 heavy (non-hydrogen) atoms. The van der Waals surface area contributed by atoms with Crippen LogP contribution >= 0.6 is 46.2 Å². The highest BCUT2D eigenvalue weighted by Crippen LogP contribution is 2.32. The van der Waals surface area contributed by atoms with Crippen LogP contribution in [0.3, 0.4) is 0 Å². The van der Waals surface area contributed by atoms with Crippen molar-refractivity contribution in [1.29, 1.82) is 0 Å². The van der Waals surface area contributed by atoms with Crippen molar-refractivity contribution in [2.24, 2.45) is 0 Å². The van der Waals surface area contributed by atoms with E-state index in [1.165, 1.54) is 23.1 Å². The van der Waals surface area contributed by atoms with Gasteiger partial charge in [0.15, 0.2) is 21.8 Å². The van der Waals surface area contributed by atoms with E-state index in [0.29, 0.717) is 37.5 Å². The smallest absolute Gasteiger partial charge is 0.192 e. The summed E-state index contributed by atoms with van der Waals surface area (Å²) >= 11 is 9.83. The zero-order valence-electron chi connectivity index (χ0n) is 11.9. The maximum atomic E-state index is 9.22. The van der Waals surface area contributed by atoms with Gasteiger partial charge < -0.3 is 16.2 Å². The van der Waals surface area contributed by atoms with E-state index < -0.39 is 0 Å². The fraction of sp³-hybridized carbons (Fsp3) is 0.364. The van der Waals surface area contributed by atoms with Crippen LogP contribution in [0.5, 0.6) is 0 Å². The molecular weight excluding hydrogens is 378 g/mol. The second-order valence-corrected chi connectivity index (χ2v) is 7.90. The van der Waals surface area contributed by atoms with Crippen LogP contribution in [-0.4, -0.2) is 42.3 Å². The Morgan fingerprint density at radius 1 is 1.39 bits per heavy atom. The molecular formula is C11H12ClN7OS3. The third-order valence-electron chi connectivity index (χ3n) is 2.75. The first kappa shape index (κ1) is 16.6. The van der Waals surface area contributed by atoms with Gasteiger partial charge in [0, 0.05) is 23.3 Å². The molecule has 3 rings (SSSR count). The summed E-state index contributed by atoms with van der Waals surface area (Å²) in [6.07, 6.45) is 0. The quantitative estimate of drug-likeness (QED) is 0.430. The summed E-state index contributed by atoms with van der Waals surface area (Å²) in [7, 11) is 0. The van der Waals surface area contributed by atoms with Gasteiger partial charge in [-0.2, -0.15) is 0 Å². The number of nitrogens with one attached hydrogen (secondary N) is 1. The van der Waals surface area contributed by atoms with Crippen molar-refractivity contribution in [2.75, 3.05) is 17.7 Å². The van der Waals surface area contributed by atoms with Crippen LogP contribution in [0.1, 0.15) is 12.6 Å². The molecule has 12 heteroatoms. The zero-order valence-corrected chi connectivity index (χ0v) is 15.1. The standard InChI is InChI=1S/C11H12ClN7OS3/c1-4(2-20)14-8-6-9(15-10(13)22-6)17-11(16-8)21-3-5-7(12)23-19-18-5/h4,20H,2-3H2,1H3,(H3,13,14,15,16,17)/t4-/m1/s1. The molecule has 0 spiro atoms. The molecule has 0 aliphatic carbocycles. The number of hydrogen-bond acceptors (Lipinski definition) is 11. The number of rotatable bonds is 6. The Hall–Kier alpha value is -1.27. The van der Waals surface area contributed by atoms with E-state index >= 15 is 0 Å². The van der Waals surface area contributed by atoms with E-state index in [1.807, 2.05) is 6.92 Å². The molecule has 3 heterocycles. The Kier molecular flexibility index (Phi) is 5.11. The van der Waals surface area contributed by atoms with E-state index in [2.05, 4.69) is 29.9 Å². The molecule has 122 valence electrons. The van der Waals surface area contributed by atoms with Crippen LogP contribution in [0.4, 0.5) is 10.9 Å². The number of hydrogen-bond donors (Lipinski definition) is 3. The Morgan fingerprint density at radius 3 is 2.91 bits per heavy atom. The van der Waals surface area contributed by atoms with E-state index in [-0.39, 0.29) is 12.6 Å². The zero-order chi connectivity index (χ0) is 16.4. The lowest BCUT2D eigenvalue weighted by molar-refractivity contribution is 0.281. The van der Waals surface area contributed by atoms with Gasteiger partial charge in [-0.05, 0) is 6.92 Å². The van der Waals surface area contributed by atoms with Gasteiger partial charge >= 0.3 is 0 Å².